The standard InChI is InChI=1S/C20H25N5O6S/c1-2-29-13-31-24-19(28)15-4-10-32-20(15)23-18(27)14-3-5-21-16(11-14)22-17(26)12-25-6-8-30-9-7-25/h3-5,10-11H,2,6-9,12-13H2,1H3,(H,23,27)(H,24,28)(H,21,22,26). The van der Waals surface area contributed by atoms with Crippen molar-refractivity contribution in [3.05, 3.63) is 40.9 Å². The van der Waals surface area contributed by atoms with Crippen LogP contribution >= 0.6 is 11.3 Å². The van der Waals surface area contributed by atoms with Crippen LogP contribution in [0.4, 0.5) is 10.8 Å². The van der Waals surface area contributed by atoms with Gasteiger partial charge in [0.1, 0.15) is 10.8 Å². The minimum Gasteiger partial charge on any atom is -0.379 e. The second-order valence-electron chi connectivity index (χ2n) is 6.67. The molecule has 0 spiro atoms. The summed E-state index contributed by atoms with van der Waals surface area (Å²) in [5.41, 5.74) is 2.80. The van der Waals surface area contributed by atoms with Crippen molar-refractivity contribution in [2.75, 3.05) is 56.9 Å². The molecule has 1 aliphatic heterocycles. The fourth-order valence-corrected chi connectivity index (χ4v) is 3.60. The molecule has 12 heteroatoms. The van der Waals surface area contributed by atoms with Gasteiger partial charge in [-0.1, -0.05) is 0 Å². The van der Waals surface area contributed by atoms with Gasteiger partial charge < -0.3 is 20.1 Å². The Morgan fingerprint density at radius 2 is 2.00 bits per heavy atom. The van der Waals surface area contributed by atoms with E-state index in [1.54, 1.807) is 18.4 Å². The molecule has 0 bridgehead atoms. The first-order valence-corrected chi connectivity index (χ1v) is 10.9. The van der Waals surface area contributed by atoms with Crippen LogP contribution in [0, 0.1) is 0 Å². The van der Waals surface area contributed by atoms with Crippen LogP contribution in [-0.4, -0.2) is 73.9 Å². The summed E-state index contributed by atoms with van der Waals surface area (Å²) in [6.45, 7) is 4.99. The summed E-state index contributed by atoms with van der Waals surface area (Å²) in [4.78, 5) is 48.2. The number of amides is 3. The molecule has 2 aromatic heterocycles. The number of carbonyl (C=O) groups excluding carboxylic acids is 3. The predicted octanol–water partition coefficient (Wildman–Crippen LogP) is 1.32. The van der Waals surface area contributed by atoms with Crippen LogP contribution in [0.25, 0.3) is 0 Å². The number of anilines is 2. The summed E-state index contributed by atoms with van der Waals surface area (Å²) in [5, 5.41) is 7.45. The van der Waals surface area contributed by atoms with E-state index in [1.807, 2.05) is 4.90 Å². The maximum Gasteiger partial charge on any atom is 0.277 e. The third-order valence-corrected chi connectivity index (χ3v) is 5.24. The van der Waals surface area contributed by atoms with Gasteiger partial charge in [-0.25, -0.2) is 15.3 Å². The van der Waals surface area contributed by atoms with Gasteiger partial charge in [0.05, 0.1) is 25.3 Å². The average Bonchev–Trinajstić information content (AvgIpc) is 3.25. The van der Waals surface area contributed by atoms with Crippen molar-refractivity contribution in [2.45, 2.75) is 6.92 Å². The average molecular weight is 464 g/mol. The van der Waals surface area contributed by atoms with Crippen LogP contribution < -0.4 is 16.1 Å². The molecule has 0 saturated carbocycles. The minimum atomic E-state index is -0.507. The van der Waals surface area contributed by atoms with Crippen molar-refractivity contribution in [2.24, 2.45) is 0 Å². The highest BCUT2D eigenvalue weighted by Crippen LogP contribution is 2.24. The lowest BCUT2D eigenvalue weighted by molar-refractivity contribution is -0.118. The molecule has 0 aromatic carbocycles. The second kappa shape index (κ2) is 12.2. The van der Waals surface area contributed by atoms with Crippen LogP contribution in [-0.2, 0) is 19.1 Å². The third kappa shape index (κ3) is 7.07. The quantitative estimate of drug-likeness (QED) is 0.273. The minimum absolute atomic E-state index is 0.0783. The van der Waals surface area contributed by atoms with Crippen molar-refractivity contribution < 1.29 is 28.7 Å². The molecular weight excluding hydrogens is 438 g/mol. The number of nitrogens with zero attached hydrogens (tertiary/aromatic N) is 2. The van der Waals surface area contributed by atoms with E-state index in [-0.39, 0.29) is 36.2 Å². The number of aromatic nitrogens is 1. The zero-order chi connectivity index (χ0) is 22.8. The SMILES string of the molecule is CCOCONC(=O)c1ccsc1NC(=O)c1ccnc(NC(=O)CN2CCOCC2)c1. The van der Waals surface area contributed by atoms with E-state index >= 15 is 0 Å². The van der Waals surface area contributed by atoms with Crippen molar-refractivity contribution in [1.29, 1.82) is 0 Å². The third-order valence-electron chi connectivity index (χ3n) is 4.41. The lowest BCUT2D eigenvalue weighted by atomic mass is 10.2. The first-order valence-electron chi connectivity index (χ1n) is 10.0. The summed E-state index contributed by atoms with van der Waals surface area (Å²) in [6, 6.07) is 4.57. The molecule has 3 heterocycles. The molecule has 1 fully saturated rings. The molecule has 3 rings (SSSR count). The van der Waals surface area contributed by atoms with Crippen LogP contribution in [0.15, 0.2) is 29.8 Å². The first-order chi connectivity index (χ1) is 15.6. The highest BCUT2D eigenvalue weighted by Gasteiger charge is 2.18. The van der Waals surface area contributed by atoms with E-state index in [9.17, 15) is 14.4 Å². The number of rotatable bonds is 10. The van der Waals surface area contributed by atoms with Crippen LogP contribution in [0.5, 0.6) is 0 Å². The Labute approximate surface area is 189 Å². The van der Waals surface area contributed by atoms with Gasteiger partial charge in [0.2, 0.25) is 5.91 Å². The molecule has 32 heavy (non-hydrogen) atoms. The van der Waals surface area contributed by atoms with Crippen molar-refractivity contribution >= 4 is 39.9 Å². The van der Waals surface area contributed by atoms with Gasteiger partial charge in [0.25, 0.3) is 11.8 Å². The van der Waals surface area contributed by atoms with Gasteiger partial charge in [-0.15, -0.1) is 11.3 Å². The van der Waals surface area contributed by atoms with Crippen LogP contribution in [0.2, 0.25) is 0 Å². The van der Waals surface area contributed by atoms with Gasteiger partial charge in [0.15, 0.2) is 6.79 Å². The number of ether oxygens (including phenoxy) is 2. The Hall–Kier alpha value is -2.90. The largest absolute Gasteiger partial charge is 0.379 e. The Morgan fingerprint density at radius 1 is 1.19 bits per heavy atom. The summed E-state index contributed by atoms with van der Waals surface area (Å²) in [6.07, 6.45) is 1.43. The van der Waals surface area contributed by atoms with E-state index in [4.69, 9.17) is 14.3 Å². The Bertz CT molecular complexity index is 931. The Balaban J connectivity index is 1.56. The maximum absolute atomic E-state index is 12.7. The summed E-state index contributed by atoms with van der Waals surface area (Å²) in [7, 11) is 0. The van der Waals surface area contributed by atoms with E-state index in [0.717, 1.165) is 0 Å². The number of hydrogen-bond donors (Lipinski definition) is 3. The van der Waals surface area contributed by atoms with E-state index in [0.29, 0.717) is 37.9 Å². The van der Waals surface area contributed by atoms with E-state index in [1.165, 1.54) is 29.7 Å². The highest BCUT2D eigenvalue weighted by atomic mass is 32.1. The molecule has 1 aliphatic rings. The monoisotopic (exact) mass is 463 g/mol. The molecule has 3 amide bonds. The number of hydroxylamine groups is 1. The molecule has 0 radical (unpaired) electrons. The molecule has 3 N–H and O–H groups in total. The van der Waals surface area contributed by atoms with Gasteiger partial charge in [-0.3, -0.25) is 19.3 Å². The zero-order valence-corrected chi connectivity index (χ0v) is 18.4. The second-order valence-corrected chi connectivity index (χ2v) is 7.59. The molecule has 0 unspecified atom stereocenters. The van der Waals surface area contributed by atoms with Crippen molar-refractivity contribution in [1.82, 2.24) is 15.4 Å². The Kier molecular flexibility index (Phi) is 9.07. The molecule has 0 aliphatic carbocycles. The molecule has 2 aromatic rings. The summed E-state index contributed by atoms with van der Waals surface area (Å²) in [5.74, 6) is -0.902. The van der Waals surface area contributed by atoms with Crippen LogP contribution in [0.3, 0.4) is 0 Å². The number of carbonyl (C=O) groups is 3. The predicted molar refractivity (Wildman–Crippen MR) is 117 cm³/mol. The lowest BCUT2D eigenvalue weighted by Crippen LogP contribution is -2.41. The van der Waals surface area contributed by atoms with Crippen molar-refractivity contribution in [3.63, 3.8) is 0 Å². The number of pyridine rings is 1. The first kappa shape index (κ1) is 23.8. The zero-order valence-electron chi connectivity index (χ0n) is 17.6. The number of thiophene rings is 1. The number of hydrogen-bond acceptors (Lipinski definition) is 9. The summed E-state index contributed by atoms with van der Waals surface area (Å²) < 4.78 is 10.3. The van der Waals surface area contributed by atoms with Gasteiger partial charge in [0, 0.05) is 31.5 Å². The smallest absolute Gasteiger partial charge is 0.277 e. The fraction of sp³-hybridized carbons (Fsp3) is 0.400. The molecule has 172 valence electrons. The Morgan fingerprint density at radius 3 is 2.78 bits per heavy atom. The molecular formula is C20H25N5O6S. The van der Waals surface area contributed by atoms with Gasteiger partial charge in [-0.2, -0.15) is 0 Å². The number of nitrogens with one attached hydrogen (secondary N) is 3. The molecule has 0 atom stereocenters. The highest BCUT2D eigenvalue weighted by molar-refractivity contribution is 7.14. The maximum atomic E-state index is 12.7. The van der Waals surface area contributed by atoms with Gasteiger partial charge >= 0.3 is 0 Å². The van der Waals surface area contributed by atoms with E-state index in [2.05, 4.69) is 21.1 Å². The molecule has 11 nitrogen and oxygen atoms in total. The van der Waals surface area contributed by atoms with E-state index < -0.39 is 11.8 Å². The van der Waals surface area contributed by atoms with Crippen molar-refractivity contribution in [3.8, 4) is 0 Å². The normalized spacial score (nSPS) is 14.0. The lowest BCUT2D eigenvalue weighted by Gasteiger charge is -2.25. The topological polar surface area (TPSA) is 131 Å². The van der Waals surface area contributed by atoms with Crippen LogP contribution in [0.1, 0.15) is 27.6 Å². The molecule has 1 saturated heterocycles. The summed E-state index contributed by atoms with van der Waals surface area (Å²) >= 11 is 1.20. The number of morpholine rings is 1. The fourth-order valence-electron chi connectivity index (χ4n) is 2.82. The van der Waals surface area contributed by atoms with Gasteiger partial charge in [-0.05, 0) is 30.5 Å².